The highest BCUT2D eigenvalue weighted by molar-refractivity contribution is 7.13. The molecule has 0 bridgehead atoms. The number of hydrogen-bond acceptors (Lipinski definition) is 9. The molecular formula is C20H19ClN6O2S. The van der Waals surface area contributed by atoms with E-state index in [0.29, 0.717) is 18.9 Å². The molecule has 0 N–H and O–H groups in total. The van der Waals surface area contributed by atoms with Crippen molar-refractivity contribution in [3.05, 3.63) is 46.8 Å². The Labute approximate surface area is 182 Å². The Morgan fingerprint density at radius 2 is 2.00 bits per heavy atom. The molecule has 30 heavy (non-hydrogen) atoms. The number of carbonyl (C=O) groups excluding carboxylic acids is 1. The largest absolute Gasteiger partial charge is 0.378 e. The van der Waals surface area contributed by atoms with E-state index in [2.05, 4.69) is 43.0 Å². The molecule has 2 aliphatic rings. The number of anilines is 3. The van der Waals surface area contributed by atoms with Crippen molar-refractivity contribution in [3.63, 3.8) is 0 Å². The molecule has 0 radical (unpaired) electrons. The summed E-state index contributed by atoms with van der Waals surface area (Å²) in [5.41, 5.74) is 2.36. The summed E-state index contributed by atoms with van der Waals surface area (Å²) in [5, 5.41) is 3.67. The van der Waals surface area contributed by atoms with Gasteiger partial charge < -0.3 is 19.4 Å². The zero-order valence-electron chi connectivity index (χ0n) is 16.1. The van der Waals surface area contributed by atoms with Crippen molar-refractivity contribution >= 4 is 56.8 Å². The van der Waals surface area contributed by atoms with Gasteiger partial charge in [-0.05, 0) is 35.9 Å². The number of rotatable bonds is 4. The minimum Gasteiger partial charge on any atom is -0.378 e. The van der Waals surface area contributed by atoms with Gasteiger partial charge in [0.1, 0.15) is 11.5 Å². The van der Waals surface area contributed by atoms with Gasteiger partial charge in [-0.2, -0.15) is 4.98 Å². The van der Waals surface area contributed by atoms with Crippen LogP contribution < -0.4 is 14.7 Å². The SMILES string of the molecule is O=Cc1csc(N2C=CCN(c3nc(Cl)nc4cc(N5CCOCC5)ccc34)C2)n1. The number of thiazole rings is 1. The van der Waals surface area contributed by atoms with E-state index in [1.807, 2.05) is 17.2 Å². The quantitative estimate of drug-likeness (QED) is 0.450. The lowest BCUT2D eigenvalue weighted by atomic mass is 10.2. The van der Waals surface area contributed by atoms with E-state index in [4.69, 9.17) is 16.3 Å². The molecule has 2 aliphatic heterocycles. The van der Waals surface area contributed by atoms with Gasteiger partial charge in [-0.25, -0.2) is 9.97 Å². The van der Waals surface area contributed by atoms with Gasteiger partial charge in [-0.1, -0.05) is 0 Å². The average Bonchev–Trinajstić information content (AvgIpc) is 3.28. The van der Waals surface area contributed by atoms with E-state index in [9.17, 15) is 4.79 Å². The Morgan fingerprint density at radius 3 is 2.80 bits per heavy atom. The van der Waals surface area contributed by atoms with Crippen LogP contribution in [0.25, 0.3) is 10.9 Å². The van der Waals surface area contributed by atoms with E-state index in [1.165, 1.54) is 11.3 Å². The molecule has 2 aromatic heterocycles. The topological polar surface area (TPSA) is 74.7 Å². The van der Waals surface area contributed by atoms with Gasteiger partial charge in [0.25, 0.3) is 0 Å². The van der Waals surface area contributed by atoms with Gasteiger partial charge in [0, 0.05) is 42.3 Å². The van der Waals surface area contributed by atoms with Crippen molar-refractivity contribution in [2.24, 2.45) is 0 Å². The molecule has 1 fully saturated rings. The standard InChI is InChI=1S/C20H19ClN6O2S/c21-19-23-17-10-15(25-6-8-29-9-7-25)2-3-16(17)18(24-19)26-4-1-5-27(13-26)20-22-14(11-28)12-30-20/h1-3,5,10-12H,4,6-9,13H2. The molecule has 0 aliphatic carbocycles. The number of fused-ring (bicyclic) bond motifs is 1. The molecule has 1 aromatic carbocycles. The monoisotopic (exact) mass is 442 g/mol. The van der Waals surface area contributed by atoms with Crippen molar-refractivity contribution in [1.82, 2.24) is 15.0 Å². The van der Waals surface area contributed by atoms with E-state index < -0.39 is 0 Å². The van der Waals surface area contributed by atoms with Crippen molar-refractivity contribution in [1.29, 1.82) is 0 Å². The average molecular weight is 443 g/mol. The van der Waals surface area contributed by atoms with Crippen LogP contribution in [0.1, 0.15) is 10.5 Å². The number of nitrogens with zero attached hydrogens (tertiary/aromatic N) is 6. The first kappa shape index (κ1) is 19.2. The van der Waals surface area contributed by atoms with Crippen LogP contribution in [0, 0.1) is 0 Å². The lowest BCUT2D eigenvalue weighted by Gasteiger charge is -2.33. The van der Waals surface area contributed by atoms with E-state index >= 15 is 0 Å². The predicted octanol–water partition coefficient (Wildman–Crippen LogP) is 3.19. The summed E-state index contributed by atoms with van der Waals surface area (Å²) in [6, 6.07) is 6.22. The summed E-state index contributed by atoms with van der Waals surface area (Å²) in [6.07, 6.45) is 4.77. The number of halogens is 1. The summed E-state index contributed by atoms with van der Waals surface area (Å²) in [7, 11) is 0. The fraction of sp³-hybridized carbons (Fsp3) is 0.300. The number of aldehydes is 1. The molecule has 1 saturated heterocycles. The van der Waals surface area contributed by atoms with Crippen LogP contribution in [0.5, 0.6) is 0 Å². The van der Waals surface area contributed by atoms with Crippen LogP contribution in [0.4, 0.5) is 16.6 Å². The highest BCUT2D eigenvalue weighted by Crippen LogP contribution is 2.31. The third-order valence-electron chi connectivity index (χ3n) is 5.12. The molecule has 4 heterocycles. The van der Waals surface area contributed by atoms with Crippen molar-refractivity contribution in [2.45, 2.75) is 0 Å². The summed E-state index contributed by atoms with van der Waals surface area (Å²) in [5.74, 6) is 0.778. The number of benzene rings is 1. The van der Waals surface area contributed by atoms with Gasteiger partial charge in [0.15, 0.2) is 11.4 Å². The Hall–Kier alpha value is -2.75. The summed E-state index contributed by atoms with van der Waals surface area (Å²) >= 11 is 7.73. The molecule has 8 nitrogen and oxygen atoms in total. The zero-order valence-corrected chi connectivity index (χ0v) is 17.6. The Morgan fingerprint density at radius 1 is 1.13 bits per heavy atom. The predicted molar refractivity (Wildman–Crippen MR) is 119 cm³/mol. The summed E-state index contributed by atoms with van der Waals surface area (Å²) in [6.45, 7) is 4.42. The van der Waals surface area contributed by atoms with Crippen LogP contribution >= 0.6 is 22.9 Å². The molecule has 0 atom stereocenters. The second kappa shape index (κ2) is 8.17. The number of hydrogen-bond donors (Lipinski definition) is 0. The highest BCUT2D eigenvalue weighted by Gasteiger charge is 2.21. The molecule has 0 spiro atoms. The van der Waals surface area contributed by atoms with Crippen molar-refractivity contribution in [3.8, 4) is 0 Å². The van der Waals surface area contributed by atoms with Gasteiger partial charge in [-0.15, -0.1) is 11.3 Å². The van der Waals surface area contributed by atoms with Gasteiger partial charge in [0.2, 0.25) is 5.28 Å². The lowest BCUT2D eigenvalue weighted by molar-refractivity contribution is 0.111. The first-order valence-corrected chi connectivity index (χ1v) is 10.9. The number of carbonyl (C=O) groups is 1. The van der Waals surface area contributed by atoms with E-state index in [1.54, 1.807) is 5.38 Å². The maximum Gasteiger partial charge on any atom is 0.224 e. The van der Waals surface area contributed by atoms with Crippen molar-refractivity contribution in [2.75, 3.05) is 54.2 Å². The van der Waals surface area contributed by atoms with Crippen LogP contribution in [-0.2, 0) is 4.74 Å². The maximum absolute atomic E-state index is 11.0. The first-order chi connectivity index (χ1) is 14.7. The molecule has 0 unspecified atom stereocenters. The van der Waals surface area contributed by atoms with Crippen LogP contribution in [0.3, 0.4) is 0 Å². The minimum atomic E-state index is 0.218. The lowest BCUT2D eigenvalue weighted by Crippen LogP contribution is -2.39. The molecule has 0 amide bonds. The molecular weight excluding hydrogens is 424 g/mol. The summed E-state index contributed by atoms with van der Waals surface area (Å²) in [4.78, 5) is 30.7. The molecule has 10 heteroatoms. The van der Waals surface area contributed by atoms with E-state index in [-0.39, 0.29) is 5.28 Å². The second-order valence-electron chi connectivity index (χ2n) is 7.01. The van der Waals surface area contributed by atoms with Crippen LogP contribution in [0.15, 0.2) is 35.9 Å². The van der Waals surface area contributed by atoms with Crippen molar-refractivity contribution < 1.29 is 9.53 Å². The third kappa shape index (κ3) is 3.71. The Kier molecular flexibility index (Phi) is 5.24. The fourth-order valence-corrected chi connectivity index (χ4v) is 4.58. The normalized spacial score (nSPS) is 17.0. The fourth-order valence-electron chi connectivity index (χ4n) is 3.66. The number of morpholine rings is 1. The highest BCUT2D eigenvalue weighted by atomic mass is 35.5. The smallest absolute Gasteiger partial charge is 0.224 e. The van der Waals surface area contributed by atoms with Gasteiger partial charge in [-0.3, -0.25) is 4.79 Å². The van der Waals surface area contributed by atoms with Crippen LogP contribution in [0.2, 0.25) is 5.28 Å². The Balaban J connectivity index is 1.47. The summed E-state index contributed by atoms with van der Waals surface area (Å²) < 4.78 is 5.45. The first-order valence-electron chi connectivity index (χ1n) is 9.60. The molecule has 3 aromatic rings. The molecule has 0 saturated carbocycles. The molecule has 154 valence electrons. The second-order valence-corrected chi connectivity index (χ2v) is 8.18. The Bertz CT molecular complexity index is 1110. The van der Waals surface area contributed by atoms with E-state index in [0.717, 1.165) is 60.1 Å². The zero-order chi connectivity index (χ0) is 20.5. The molecule has 5 rings (SSSR count). The van der Waals surface area contributed by atoms with Crippen LogP contribution in [-0.4, -0.2) is 60.8 Å². The maximum atomic E-state index is 11.0. The van der Waals surface area contributed by atoms with Gasteiger partial charge >= 0.3 is 0 Å². The van der Waals surface area contributed by atoms with Gasteiger partial charge in [0.05, 0.1) is 25.4 Å². The number of ether oxygens (including phenoxy) is 1. The number of aromatic nitrogens is 3. The third-order valence-corrected chi connectivity index (χ3v) is 6.18. The minimum absolute atomic E-state index is 0.218.